The Balaban J connectivity index is 1.89. The summed E-state index contributed by atoms with van der Waals surface area (Å²) in [7, 11) is 0. The van der Waals surface area contributed by atoms with Gasteiger partial charge in [-0.1, -0.05) is 6.92 Å². The summed E-state index contributed by atoms with van der Waals surface area (Å²) < 4.78 is 0. The molecule has 0 saturated heterocycles. The summed E-state index contributed by atoms with van der Waals surface area (Å²) in [6.07, 6.45) is 7.19. The average Bonchev–Trinajstić information content (AvgIpc) is 2.56. The number of aromatic nitrogens is 2. The van der Waals surface area contributed by atoms with Crippen LogP contribution in [-0.4, -0.2) is 16.2 Å². The van der Waals surface area contributed by atoms with Crippen LogP contribution >= 0.6 is 0 Å². The predicted octanol–water partition coefficient (Wildman–Crippen LogP) is 2.71. The SMILES string of the molecule is Cc1[nH]ncc1NC1CCC(C)CC1. The number of nitrogens with zero attached hydrogens (tertiary/aromatic N) is 1. The number of rotatable bonds is 2. The van der Waals surface area contributed by atoms with E-state index in [1.165, 1.54) is 31.4 Å². The van der Waals surface area contributed by atoms with Crippen molar-refractivity contribution in [3.05, 3.63) is 11.9 Å². The zero-order valence-corrected chi connectivity index (χ0v) is 9.01. The maximum Gasteiger partial charge on any atom is 0.0755 e. The number of H-pyrrole nitrogens is 1. The average molecular weight is 193 g/mol. The van der Waals surface area contributed by atoms with Crippen LogP contribution in [-0.2, 0) is 0 Å². The Hall–Kier alpha value is -0.990. The lowest BCUT2D eigenvalue weighted by atomic mass is 9.87. The van der Waals surface area contributed by atoms with Gasteiger partial charge in [-0.2, -0.15) is 5.10 Å². The van der Waals surface area contributed by atoms with E-state index >= 15 is 0 Å². The Morgan fingerprint density at radius 1 is 1.36 bits per heavy atom. The number of nitrogens with one attached hydrogen (secondary N) is 2. The fourth-order valence-electron chi connectivity index (χ4n) is 2.12. The van der Waals surface area contributed by atoms with E-state index in [9.17, 15) is 0 Å². The van der Waals surface area contributed by atoms with Crippen molar-refractivity contribution in [3.63, 3.8) is 0 Å². The number of aromatic amines is 1. The van der Waals surface area contributed by atoms with Crippen LogP contribution in [0.4, 0.5) is 5.69 Å². The molecule has 1 aromatic heterocycles. The lowest BCUT2D eigenvalue weighted by molar-refractivity contribution is 0.361. The highest BCUT2D eigenvalue weighted by molar-refractivity contribution is 5.45. The molecule has 3 nitrogen and oxygen atoms in total. The van der Waals surface area contributed by atoms with E-state index in [0.717, 1.165) is 11.6 Å². The molecule has 3 heteroatoms. The highest BCUT2D eigenvalue weighted by Gasteiger charge is 2.18. The van der Waals surface area contributed by atoms with E-state index in [-0.39, 0.29) is 0 Å². The van der Waals surface area contributed by atoms with Gasteiger partial charge in [0, 0.05) is 6.04 Å². The van der Waals surface area contributed by atoms with Crippen molar-refractivity contribution in [1.29, 1.82) is 0 Å². The third kappa shape index (κ3) is 2.08. The minimum absolute atomic E-state index is 0.655. The lowest BCUT2D eigenvalue weighted by Crippen LogP contribution is -2.25. The Labute approximate surface area is 85.3 Å². The second-order valence-electron chi connectivity index (χ2n) is 4.51. The molecular formula is C11H19N3. The molecule has 0 amide bonds. The second-order valence-corrected chi connectivity index (χ2v) is 4.51. The molecule has 1 aliphatic rings. The van der Waals surface area contributed by atoms with Gasteiger partial charge in [0.2, 0.25) is 0 Å². The summed E-state index contributed by atoms with van der Waals surface area (Å²) in [5.74, 6) is 0.915. The van der Waals surface area contributed by atoms with Crippen LogP contribution in [0.25, 0.3) is 0 Å². The highest BCUT2D eigenvalue weighted by Crippen LogP contribution is 2.26. The van der Waals surface area contributed by atoms with Crippen molar-refractivity contribution in [2.24, 2.45) is 5.92 Å². The standard InChI is InChI=1S/C11H19N3/c1-8-3-5-10(6-4-8)13-11-7-12-14-9(11)2/h7-8,10,13H,3-6H2,1-2H3,(H,12,14). The summed E-state index contributed by atoms with van der Waals surface area (Å²) in [6, 6.07) is 0.655. The van der Waals surface area contributed by atoms with E-state index < -0.39 is 0 Å². The summed E-state index contributed by atoms with van der Waals surface area (Å²) >= 11 is 0. The van der Waals surface area contributed by atoms with E-state index in [2.05, 4.69) is 29.4 Å². The Morgan fingerprint density at radius 2 is 2.07 bits per heavy atom. The van der Waals surface area contributed by atoms with E-state index in [1.54, 1.807) is 0 Å². The molecule has 14 heavy (non-hydrogen) atoms. The molecule has 0 spiro atoms. The molecule has 0 aromatic carbocycles. The minimum Gasteiger partial charge on any atom is -0.380 e. The maximum absolute atomic E-state index is 4.01. The van der Waals surface area contributed by atoms with Gasteiger partial charge in [-0.3, -0.25) is 5.10 Å². The smallest absolute Gasteiger partial charge is 0.0755 e. The normalized spacial score (nSPS) is 27.6. The molecule has 0 unspecified atom stereocenters. The van der Waals surface area contributed by atoms with Crippen LogP contribution < -0.4 is 5.32 Å². The molecule has 78 valence electrons. The number of hydrogen-bond donors (Lipinski definition) is 2. The first-order valence-corrected chi connectivity index (χ1v) is 5.52. The van der Waals surface area contributed by atoms with Gasteiger partial charge in [-0.15, -0.1) is 0 Å². The predicted molar refractivity (Wildman–Crippen MR) is 58.4 cm³/mol. The maximum atomic E-state index is 4.01. The molecule has 1 fully saturated rings. The van der Waals surface area contributed by atoms with Gasteiger partial charge >= 0.3 is 0 Å². The monoisotopic (exact) mass is 193 g/mol. The summed E-state index contributed by atoms with van der Waals surface area (Å²) in [6.45, 7) is 4.40. The number of aryl methyl sites for hydroxylation is 1. The summed E-state index contributed by atoms with van der Waals surface area (Å²) in [5, 5.41) is 10.5. The van der Waals surface area contributed by atoms with E-state index in [4.69, 9.17) is 0 Å². The Kier molecular flexibility index (Phi) is 2.75. The zero-order valence-electron chi connectivity index (χ0n) is 9.01. The Morgan fingerprint density at radius 3 is 2.64 bits per heavy atom. The molecule has 0 aliphatic heterocycles. The molecule has 1 heterocycles. The number of hydrogen-bond acceptors (Lipinski definition) is 2. The zero-order chi connectivity index (χ0) is 9.97. The van der Waals surface area contributed by atoms with Gasteiger partial charge < -0.3 is 5.32 Å². The first-order chi connectivity index (χ1) is 6.75. The van der Waals surface area contributed by atoms with Crippen LogP contribution in [0.1, 0.15) is 38.3 Å². The van der Waals surface area contributed by atoms with Gasteiger partial charge in [-0.05, 0) is 38.5 Å². The van der Waals surface area contributed by atoms with Crippen LogP contribution in [0.5, 0.6) is 0 Å². The van der Waals surface area contributed by atoms with Crippen LogP contribution in [0.15, 0.2) is 6.20 Å². The van der Waals surface area contributed by atoms with Gasteiger partial charge in [0.15, 0.2) is 0 Å². The summed E-state index contributed by atoms with van der Waals surface area (Å²) in [4.78, 5) is 0. The first kappa shape index (κ1) is 9.56. The van der Waals surface area contributed by atoms with Gasteiger partial charge in [0.05, 0.1) is 17.6 Å². The fourth-order valence-corrected chi connectivity index (χ4v) is 2.12. The molecule has 2 rings (SSSR count). The van der Waals surface area contributed by atoms with E-state index in [1.807, 2.05) is 6.20 Å². The topological polar surface area (TPSA) is 40.7 Å². The molecule has 1 saturated carbocycles. The Bertz CT molecular complexity index is 284. The molecule has 0 atom stereocenters. The molecule has 0 radical (unpaired) electrons. The lowest BCUT2D eigenvalue weighted by Gasteiger charge is -2.27. The second kappa shape index (κ2) is 4.03. The van der Waals surface area contributed by atoms with Crippen LogP contribution in [0, 0.1) is 12.8 Å². The molecule has 1 aliphatic carbocycles. The van der Waals surface area contributed by atoms with Crippen LogP contribution in [0.3, 0.4) is 0 Å². The highest BCUT2D eigenvalue weighted by atomic mass is 15.1. The van der Waals surface area contributed by atoms with Crippen molar-refractivity contribution in [1.82, 2.24) is 10.2 Å². The molecular weight excluding hydrogens is 174 g/mol. The molecule has 0 bridgehead atoms. The van der Waals surface area contributed by atoms with Crippen LogP contribution in [0.2, 0.25) is 0 Å². The largest absolute Gasteiger partial charge is 0.380 e. The summed E-state index contributed by atoms with van der Waals surface area (Å²) in [5.41, 5.74) is 2.31. The van der Waals surface area contributed by atoms with Crippen molar-refractivity contribution in [3.8, 4) is 0 Å². The molecule has 2 N–H and O–H groups in total. The first-order valence-electron chi connectivity index (χ1n) is 5.52. The number of anilines is 1. The van der Waals surface area contributed by atoms with Gasteiger partial charge in [-0.25, -0.2) is 0 Å². The van der Waals surface area contributed by atoms with Gasteiger partial charge in [0.25, 0.3) is 0 Å². The van der Waals surface area contributed by atoms with Crippen molar-refractivity contribution < 1.29 is 0 Å². The third-order valence-corrected chi connectivity index (χ3v) is 3.21. The fraction of sp³-hybridized carbons (Fsp3) is 0.727. The minimum atomic E-state index is 0.655. The molecule has 1 aromatic rings. The third-order valence-electron chi connectivity index (χ3n) is 3.21. The van der Waals surface area contributed by atoms with E-state index in [0.29, 0.717) is 6.04 Å². The van der Waals surface area contributed by atoms with Gasteiger partial charge in [0.1, 0.15) is 0 Å². The van der Waals surface area contributed by atoms with Crippen molar-refractivity contribution in [2.75, 3.05) is 5.32 Å². The quantitative estimate of drug-likeness (QED) is 0.758. The van der Waals surface area contributed by atoms with Crippen molar-refractivity contribution >= 4 is 5.69 Å². The van der Waals surface area contributed by atoms with Crippen molar-refractivity contribution in [2.45, 2.75) is 45.6 Å².